The Morgan fingerprint density at radius 2 is 1.75 bits per heavy atom. The van der Waals surface area contributed by atoms with Crippen molar-refractivity contribution < 1.29 is 4.74 Å². The standard InChI is InChI=1S/C13H26N6O/c1-5-10-20-13-17-11(14-6-2)16-12(18-13)15-8-9-19(4)7-3/h5-10H2,1-4H3,(H2,14,15,16,17,18). The highest BCUT2D eigenvalue weighted by atomic mass is 16.5. The molecule has 114 valence electrons. The van der Waals surface area contributed by atoms with Gasteiger partial charge in [0.15, 0.2) is 0 Å². The van der Waals surface area contributed by atoms with E-state index in [0.29, 0.717) is 24.5 Å². The summed E-state index contributed by atoms with van der Waals surface area (Å²) in [6.45, 7) is 10.3. The summed E-state index contributed by atoms with van der Waals surface area (Å²) in [4.78, 5) is 15.0. The zero-order valence-corrected chi connectivity index (χ0v) is 12.9. The molecule has 0 amide bonds. The Hall–Kier alpha value is -1.63. The third kappa shape index (κ3) is 6.01. The molecule has 20 heavy (non-hydrogen) atoms. The van der Waals surface area contributed by atoms with Gasteiger partial charge in [0.2, 0.25) is 11.9 Å². The average Bonchev–Trinajstić information content (AvgIpc) is 2.45. The second-order valence-electron chi connectivity index (χ2n) is 4.47. The molecule has 0 fully saturated rings. The predicted molar refractivity (Wildman–Crippen MR) is 81.4 cm³/mol. The van der Waals surface area contributed by atoms with Crippen LogP contribution >= 0.6 is 0 Å². The van der Waals surface area contributed by atoms with Crippen LogP contribution in [0.2, 0.25) is 0 Å². The number of ether oxygens (including phenoxy) is 1. The average molecular weight is 282 g/mol. The van der Waals surface area contributed by atoms with Crippen LogP contribution in [0, 0.1) is 0 Å². The van der Waals surface area contributed by atoms with Gasteiger partial charge < -0.3 is 20.3 Å². The maximum atomic E-state index is 5.48. The van der Waals surface area contributed by atoms with Gasteiger partial charge in [0, 0.05) is 19.6 Å². The van der Waals surface area contributed by atoms with E-state index in [9.17, 15) is 0 Å². The summed E-state index contributed by atoms with van der Waals surface area (Å²) in [5.41, 5.74) is 0. The summed E-state index contributed by atoms with van der Waals surface area (Å²) in [6, 6.07) is 0.365. The van der Waals surface area contributed by atoms with Crippen LogP contribution < -0.4 is 15.4 Å². The SMILES string of the molecule is CCCOc1nc(NCC)nc(NCCN(C)CC)n1. The molecule has 0 unspecified atom stereocenters. The zero-order valence-electron chi connectivity index (χ0n) is 12.9. The van der Waals surface area contributed by atoms with Crippen LogP contribution in [0.5, 0.6) is 6.01 Å². The van der Waals surface area contributed by atoms with Gasteiger partial charge in [0.25, 0.3) is 0 Å². The normalized spacial score (nSPS) is 10.7. The highest BCUT2D eigenvalue weighted by Gasteiger charge is 2.07. The van der Waals surface area contributed by atoms with Crippen LogP contribution in [0.25, 0.3) is 0 Å². The third-order valence-electron chi connectivity index (χ3n) is 2.70. The van der Waals surface area contributed by atoms with E-state index in [4.69, 9.17) is 4.74 Å². The quantitative estimate of drug-likeness (QED) is 0.673. The van der Waals surface area contributed by atoms with E-state index >= 15 is 0 Å². The van der Waals surface area contributed by atoms with Crippen molar-refractivity contribution in [1.82, 2.24) is 19.9 Å². The van der Waals surface area contributed by atoms with E-state index in [1.54, 1.807) is 0 Å². The van der Waals surface area contributed by atoms with Crippen LogP contribution in [0.1, 0.15) is 27.2 Å². The smallest absolute Gasteiger partial charge is 0.323 e. The molecule has 0 saturated carbocycles. The van der Waals surface area contributed by atoms with E-state index in [1.807, 2.05) is 13.8 Å². The van der Waals surface area contributed by atoms with Crippen LogP contribution in [-0.2, 0) is 0 Å². The molecule has 0 aliphatic heterocycles. The van der Waals surface area contributed by atoms with Gasteiger partial charge in [-0.3, -0.25) is 0 Å². The maximum Gasteiger partial charge on any atom is 0.323 e. The third-order valence-corrected chi connectivity index (χ3v) is 2.70. The van der Waals surface area contributed by atoms with Gasteiger partial charge >= 0.3 is 6.01 Å². The summed E-state index contributed by atoms with van der Waals surface area (Å²) in [5.74, 6) is 1.09. The van der Waals surface area contributed by atoms with Gasteiger partial charge in [0.05, 0.1) is 6.61 Å². The van der Waals surface area contributed by atoms with Crippen molar-refractivity contribution in [2.75, 3.05) is 50.5 Å². The second-order valence-corrected chi connectivity index (χ2v) is 4.47. The molecular formula is C13H26N6O. The Labute approximate surface area is 121 Å². The molecule has 0 aromatic carbocycles. The predicted octanol–water partition coefficient (Wildman–Crippen LogP) is 1.46. The number of nitrogens with one attached hydrogen (secondary N) is 2. The fraction of sp³-hybridized carbons (Fsp3) is 0.769. The maximum absolute atomic E-state index is 5.48. The van der Waals surface area contributed by atoms with E-state index < -0.39 is 0 Å². The topological polar surface area (TPSA) is 75.2 Å². The van der Waals surface area contributed by atoms with E-state index in [1.165, 1.54) is 0 Å². The summed E-state index contributed by atoms with van der Waals surface area (Å²) < 4.78 is 5.48. The van der Waals surface area contributed by atoms with E-state index in [2.05, 4.69) is 44.5 Å². The van der Waals surface area contributed by atoms with Gasteiger partial charge in [0.1, 0.15) is 0 Å². The molecule has 0 aliphatic carbocycles. The molecule has 1 rings (SSSR count). The Bertz CT molecular complexity index is 387. The van der Waals surface area contributed by atoms with Gasteiger partial charge in [-0.1, -0.05) is 13.8 Å². The lowest BCUT2D eigenvalue weighted by atomic mass is 10.5. The Morgan fingerprint density at radius 1 is 1.05 bits per heavy atom. The van der Waals surface area contributed by atoms with E-state index in [0.717, 1.165) is 32.6 Å². The fourth-order valence-electron chi connectivity index (χ4n) is 1.45. The van der Waals surface area contributed by atoms with Crippen molar-refractivity contribution in [2.45, 2.75) is 27.2 Å². The molecule has 0 spiro atoms. The first-order valence-electron chi connectivity index (χ1n) is 7.24. The minimum absolute atomic E-state index is 0.365. The van der Waals surface area contributed by atoms with Gasteiger partial charge in [-0.15, -0.1) is 0 Å². The first-order valence-corrected chi connectivity index (χ1v) is 7.24. The molecule has 0 bridgehead atoms. The van der Waals surface area contributed by atoms with Gasteiger partial charge in [-0.05, 0) is 26.9 Å². The number of anilines is 2. The molecular weight excluding hydrogens is 256 g/mol. The fourth-order valence-corrected chi connectivity index (χ4v) is 1.45. The number of hydrogen-bond donors (Lipinski definition) is 2. The van der Waals surface area contributed by atoms with Crippen molar-refractivity contribution in [3.8, 4) is 6.01 Å². The molecule has 7 nitrogen and oxygen atoms in total. The molecule has 1 aromatic rings. The molecule has 0 radical (unpaired) electrons. The lowest BCUT2D eigenvalue weighted by molar-refractivity contribution is 0.292. The van der Waals surface area contributed by atoms with Crippen molar-refractivity contribution in [3.63, 3.8) is 0 Å². The van der Waals surface area contributed by atoms with Crippen LogP contribution in [-0.4, -0.2) is 59.7 Å². The lowest BCUT2D eigenvalue weighted by Crippen LogP contribution is -2.25. The number of nitrogens with zero attached hydrogens (tertiary/aromatic N) is 4. The molecule has 1 heterocycles. The summed E-state index contributed by atoms with van der Waals surface area (Å²) in [6.07, 6.45) is 0.923. The number of rotatable bonds is 10. The molecule has 0 atom stereocenters. The van der Waals surface area contributed by atoms with Crippen molar-refractivity contribution in [1.29, 1.82) is 0 Å². The van der Waals surface area contributed by atoms with Crippen molar-refractivity contribution in [3.05, 3.63) is 0 Å². The minimum Gasteiger partial charge on any atom is -0.463 e. The summed E-state index contributed by atoms with van der Waals surface area (Å²) >= 11 is 0. The molecule has 0 saturated heterocycles. The summed E-state index contributed by atoms with van der Waals surface area (Å²) in [7, 11) is 2.08. The van der Waals surface area contributed by atoms with Gasteiger partial charge in [-0.2, -0.15) is 15.0 Å². The molecule has 2 N–H and O–H groups in total. The number of likely N-dealkylation sites (N-methyl/N-ethyl adjacent to an activating group) is 1. The highest BCUT2D eigenvalue weighted by molar-refractivity contribution is 5.35. The largest absolute Gasteiger partial charge is 0.463 e. The van der Waals surface area contributed by atoms with Gasteiger partial charge in [-0.25, -0.2) is 0 Å². The molecule has 0 aliphatic rings. The first-order chi connectivity index (χ1) is 9.69. The highest BCUT2D eigenvalue weighted by Crippen LogP contribution is 2.11. The Morgan fingerprint density at radius 3 is 2.35 bits per heavy atom. The number of aromatic nitrogens is 3. The molecule has 1 aromatic heterocycles. The Balaban J connectivity index is 2.64. The lowest BCUT2D eigenvalue weighted by Gasteiger charge is -2.14. The molecule has 7 heteroatoms. The van der Waals surface area contributed by atoms with Crippen LogP contribution in [0.15, 0.2) is 0 Å². The monoisotopic (exact) mass is 282 g/mol. The van der Waals surface area contributed by atoms with Crippen molar-refractivity contribution in [2.24, 2.45) is 0 Å². The summed E-state index contributed by atoms with van der Waals surface area (Å²) in [5, 5.41) is 6.28. The van der Waals surface area contributed by atoms with Crippen LogP contribution in [0.4, 0.5) is 11.9 Å². The number of hydrogen-bond acceptors (Lipinski definition) is 7. The van der Waals surface area contributed by atoms with Crippen LogP contribution in [0.3, 0.4) is 0 Å². The van der Waals surface area contributed by atoms with E-state index in [-0.39, 0.29) is 0 Å². The Kier molecular flexibility index (Phi) is 7.64. The first kappa shape index (κ1) is 16.4. The van der Waals surface area contributed by atoms with Crippen molar-refractivity contribution >= 4 is 11.9 Å². The second kappa shape index (κ2) is 9.30. The zero-order chi connectivity index (χ0) is 14.8. The minimum atomic E-state index is 0.365.